The summed E-state index contributed by atoms with van der Waals surface area (Å²) in [5, 5.41) is 10.8. The lowest BCUT2D eigenvalue weighted by atomic mass is 10.0. The molecular formula is C22H25N5O2. The van der Waals surface area contributed by atoms with Crippen LogP contribution < -0.4 is 10.6 Å². The molecule has 0 atom stereocenters. The third-order valence-electron chi connectivity index (χ3n) is 4.93. The molecule has 1 aliphatic carbocycles. The number of aromatic nitrogens is 3. The zero-order chi connectivity index (χ0) is 20.2. The number of amides is 1. The SMILES string of the molecule is COCCNc1cncc(-n2cc(-c3cc(C(=O)NC4CC4)ccc3C)cn2)c1. The second-order valence-corrected chi connectivity index (χ2v) is 7.30. The van der Waals surface area contributed by atoms with Gasteiger partial charge >= 0.3 is 0 Å². The molecule has 0 aliphatic heterocycles. The number of nitrogens with one attached hydrogen (secondary N) is 2. The van der Waals surface area contributed by atoms with E-state index in [0.717, 1.165) is 40.9 Å². The number of carbonyl (C=O) groups excluding carboxylic acids is 1. The van der Waals surface area contributed by atoms with Crippen molar-refractivity contribution < 1.29 is 9.53 Å². The van der Waals surface area contributed by atoms with Crippen LogP contribution in [0.1, 0.15) is 28.8 Å². The van der Waals surface area contributed by atoms with Crippen molar-refractivity contribution in [2.45, 2.75) is 25.8 Å². The average molecular weight is 391 g/mol. The van der Waals surface area contributed by atoms with Crippen molar-refractivity contribution in [2.75, 3.05) is 25.6 Å². The van der Waals surface area contributed by atoms with Crippen LogP contribution in [0.2, 0.25) is 0 Å². The van der Waals surface area contributed by atoms with Crippen LogP contribution in [0, 0.1) is 6.92 Å². The Morgan fingerprint density at radius 2 is 2.10 bits per heavy atom. The predicted octanol–water partition coefficient (Wildman–Crippen LogP) is 3.19. The first-order chi connectivity index (χ1) is 14.1. The number of hydrogen-bond acceptors (Lipinski definition) is 5. The molecule has 0 saturated heterocycles. The summed E-state index contributed by atoms with van der Waals surface area (Å²) in [6.45, 7) is 3.37. The highest BCUT2D eigenvalue weighted by Gasteiger charge is 2.24. The van der Waals surface area contributed by atoms with E-state index in [4.69, 9.17) is 4.74 Å². The van der Waals surface area contributed by atoms with E-state index in [0.29, 0.717) is 24.8 Å². The van der Waals surface area contributed by atoms with Gasteiger partial charge in [0.2, 0.25) is 0 Å². The summed E-state index contributed by atoms with van der Waals surface area (Å²) in [6, 6.07) is 8.13. The Kier molecular flexibility index (Phi) is 5.57. The number of pyridine rings is 1. The Bertz CT molecular complexity index is 1010. The van der Waals surface area contributed by atoms with E-state index in [1.165, 1.54) is 0 Å². The van der Waals surface area contributed by atoms with Gasteiger partial charge in [0, 0.05) is 37.0 Å². The van der Waals surface area contributed by atoms with Crippen LogP contribution in [-0.4, -0.2) is 47.0 Å². The Hall–Kier alpha value is -3.19. The molecule has 2 N–H and O–H groups in total. The minimum absolute atomic E-state index is 0.0137. The lowest BCUT2D eigenvalue weighted by Crippen LogP contribution is -2.25. The molecule has 0 unspecified atom stereocenters. The lowest BCUT2D eigenvalue weighted by Gasteiger charge is -2.08. The minimum Gasteiger partial charge on any atom is -0.383 e. The van der Waals surface area contributed by atoms with E-state index < -0.39 is 0 Å². The van der Waals surface area contributed by atoms with E-state index in [2.05, 4.69) is 20.7 Å². The third-order valence-corrected chi connectivity index (χ3v) is 4.93. The van der Waals surface area contributed by atoms with Crippen molar-refractivity contribution in [3.8, 4) is 16.8 Å². The molecule has 1 aromatic carbocycles. The fraction of sp³-hybridized carbons (Fsp3) is 0.318. The van der Waals surface area contributed by atoms with Gasteiger partial charge < -0.3 is 15.4 Å². The summed E-state index contributed by atoms with van der Waals surface area (Å²) in [5.41, 5.74) is 5.51. The summed E-state index contributed by atoms with van der Waals surface area (Å²) in [6.07, 6.45) is 9.46. The fourth-order valence-corrected chi connectivity index (χ4v) is 3.12. The molecule has 3 aromatic rings. The smallest absolute Gasteiger partial charge is 0.251 e. The number of carbonyl (C=O) groups is 1. The summed E-state index contributed by atoms with van der Waals surface area (Å²) >= 11 is 0. The molecule has 2 heterocycles. The molecule has 7 nitrogen and oxygen atoms in total. The van der Waals surface area contributed by atoms with Crippen molar-refractivity contribution in [3.05, 3.63) is 60.2 Å². The molecule has 0 bridgehead atoms. The van der Waals surface area contributed by atoms with Gasteiger partial charge in [-0.3, -0.25) is 9.78 Å². The van der Waals surface area contributed by atoms with Crippen molar-refractivity contribution in [3.63, 3.8) is 0 Å². The summed E-state index contributed by atoms with van der Waals surface area (Å²) < 4.78 is 6.86. The molecule has 29 heavy (non-hydrogen) atoms. The highest BCUT2D eigenvalue weighted by molar-refractivity contribution is 5.96. The average Bonchev–Trinajstić information content (AvgIpc) is 3.40. The van der Waals surface area contributed by atoms with Crippen LogP contribution in [0.3, 0.4) is 0 Å². The van der Waals surface area contributed by atoms with Gasteiger partial charge in [-0.05, 0) is 49.1 Å². The first-order valence-electron chi connectivity index (χ1n) is 9.79. The first-order valence-corrected chi connectivity index (χ1v) is 9.79. The number of hydrogen-bond donors (Lipinski definition) is 2. The molecule has 150 valence electrons. The van der Waals surface area contributed by atoms with Crippen molar-refractivity contribution >= 4 is 11.6 Å². The van der Waals surface area contributed by atoms with Crippen LogP contribution in [0.15, 0.2) is 49.1 Å². The molecule has 2 aromatic heterocycles. The van der Waals surface area contributed by atoms with Crippen LogP contribution in [0.4, 0.5) is 5.69 Å². The zero-order valence-corrected chi connectivity index (χ0v) is 16.7. The van der Waals surface area contributed by atoms with Crippen molar-refractivity contribution in [1.82, 2.24) is 20.1 Å². The maximum Gasteiger partial charge on any atom is 0.251 e. The van der Waals surface area contributed by atoms with Gasteiger partial charge in [-0.1, -0.05) is 6.07 Å². The Balaban J connectivity index is 1.56. The van der Waals surface area contributed by atoms with Gasteiger partial charge in [0.15, 0.2) is 0 Å². The molecule has 1 saturated carbocycles. The van der Waals surface area contributed by atoms with E-state index in [9.17, 15) is 4.79 Å². The van der Waals surface area contributed by atoms with Crippen LogP contribution in [-0.2, 0) is 4.74 Å². The molecule has 0 radical (unpaired) electrons. The largest absolute Gasteiger partial charge is 0.383 e. The van der Waals surface area contributed by atoms with E-state index in [1.54, 1.807) is 24.2 Å². The first kappa shape index (κ1) is 19.1. The third kappa shape index (κ3) is 4.63. The summed E-state index contributed by atoms with van der Waals surface area (Å²) in [7, 11) is 1.67. The van der Waals surface area contributed by atoms with E-state index in [1.807, 2.05) is 43.6 Å². The van der Waals surface area contributed by atoms with Gasteiger partial charge in [0.25, 0.3) is 5.91 Å². The Morgan fingerprint density at radius 3 is 2.90 bits per heavy atom. The topological polar surface area (TPSA) is 81.1 Å². The van der Waals surface area contributed by atoms with Crippen LogP contribution >= 0.6 is 0 Å². The minimum atomic E-state index is -0.0137. The highest BCUT2D eigenvalue weighted by Crippen LogP contribution is 2.26. The Labute approximate surface area is 170 Å². The standard InChI is InChI=1S/C22H25N5O2/c1-15-3-4-16(22(28)26-18-5-6-18)9-21(15)17-11-25-27(14-17)20-10-19(12-23-13-20)24-7-8-29-2/h3-4,9-14,18,24H,5-8H2,1-2H3,(H,26,28). The maximum absolute atomic E-state index is 12.4. The van der Waals surface area contributed by atoms with E-state index >= 15 is 0 Å². The molecule has 1 fully saturated rings. The second-order valence-electron chi connectivity index (χ2n) is 7.30. The number of aryl methyl sites for hydroxylation is 1. The molecule has 1 amide bonds. The fourth-order valence-electron chi connectivity index (χ4n) is 3.12. The number of methoxy groups -OCH3 is 1. The van der Waals surface area contributed by atoms with Gasteiger partial charge in [0.05, 0.1) is 36.6 Å². The second kappa shape index (κ2) is 8.45. The van der Waals surface area contributed by atoms with Gasteiger partial charge in [-0.15, -0.1) is 0 Å². The molecular weight excluding hydrogens is 366 g/mol. The number of rotatable bonds is 8. The van der Waals surface area contributed by atoms with Gasteiger partial charge in [-0.2, -0.15) is 5.10 Å². The van der Waals surface area contributed by atoms with Crippen LogP contribution in [0.25, 0.3) is 16.8 Å². The molecule has 1 aliphatic rings. The number of ether oxygens (including phenoxy) is 1. The summed E-state index contributed by atoms with van der Waals surface area (Å²) in [5.74, 6) is -0.0137. The van der Waals surface area contributed by atoms with Crippen molar-refractivity contribution in [2.24, 2.45) is 0 Å². The van der Waals surface area contributed by atoms with Gasteiger partial charge in [-0.25, -0.2) is 4.68 Å². The Morgan fingerprint density at radius 1 is 1.24 bits per heavy atom. The monoisotopic (exact) mass is 391 g/mol. The molecule has 4 rings (SSSR count). The van der Waals surface area contributed by atoms with E-state index in [-0.39, 0.29) is 5.91 Å². The molecule has 0 spiro atoms. The number of anilines is 1. The quantitative estimate of drug-likeness (QED) is 0.577. The van der Waals surface area contributed by atoms with Gasteiger partial charge in [0.1, 0.15) is 0 Å². The number of nitrogens with zero attached hydrogens (tertiary/aromatic N) is 3. The zero-order valence-electron chi connectivity index (χ0n) is 16.7. The summed E-state index contributed by atoms with van der Waals surface area (Å²) in [4.78, 5) is 16.7. The number of benzene rings is 1. The van der Waals surface area contributed by atoms with Crippen molar-refractivity contribution in [1.29, 1.82) is 0 Å². The highest BCUT2D eigenvalue weighted by atomic mass is 16.5. The molecule has 7 heteroatoms. The predicted molar refractivity (Wildman–Crippen MR) is 112 cm³/mol. The lowest BCUT2D eigenvalue weighted by molar-refractivity contribution is 0.0951. The van der Waals surface area contributed by atoms with Crippen LogP contribution in [0.5, 0.6) is 0 Å². The normalized spacial score (nSPS) is 13.3. The maximum atomic E-state index is 12.4.